The Morgan fingerprint density at radius 1 is 0.862 bits per heavy atom. The minimum atomic E-state index is -3.43. The molecule has 0 radical (unpaired) electrons. The molecule has 0 spiro atoms. The van der Waals surface area contributed by atoms with Gasteiger partial charge < -0.3 is 14.5 Å². The Hall–Kier alpha value is -2.32. The summed E-state index contributed by atoms with van der Waals surface area (Å²) >= 11 is 0. The third kappa shape index (κ3) is 4.18. The molecule has 0 saturated carbocycles. The van der Waals surface area contributed by atoms with Crippen LogP contribution < -0.4 is 14.5 Å². The zero-order chi connectivity index (χ0) is 20.3. The van der Waals surface area contributed by atoms with Gasteiger partial charge in [0, 0.05) is 45.5 Å². The lowest BCUT2D eigenvalue weighted by Gasteiger charge is -2.37. The second-order valence-corrected chi connectivity index (χ2v) is 9.40. The van der Waals surface area contributed by atoms with Gasteiger partial charge in [0.05, 0.1) is 12.8 Å². The molecule has 29 heavy (non-hydrogen) atoms. The highest BCUT2D eigenvalue weighted by Gasteiger charge is 2.27. The number of para-hydroxylation sites is 2. The van der Waals surface area contributed by atoms with Crippen LogP contribution in [0.15, 0.2) is 47.5 Å². The lowest BCUT2D eigenvalue weighted by Crippen LogP contribution is -2.47. The fourth-order valence-corrected chi connectivity index (χ4v) is 5.50. The van der Waals surface area contributed by atoms with Gasteiger partial charge in [0.15, 0.2) is 0 Å². The van der Waals surface area contributed by atoms with Crippen LogP contribution in [0.5, 0.6) is 5.75 Å². The molecule has 2 aliphatic rings. The molecule has 0 bridgehead atoms. The van der Waals surface area contributed by atoms with Crippen LogP contribution in [0.1, 0.15) is 19.3 Å². The number of ether oxygens (including phenoxy) is 1. The molecular formula is C21H28N4O3S. The van der Waals surface area contributed by atoms with Crippen LogP contribution in [0.2, 0.25) is 0 Å². The van der Waals surface area contributed by atoms with Crippen LogP contribution in [0.4, 0.5) is 11.5 Å². The number of hydrogen-bond donors (Lipinski definition) is 0. The second-order valence-electron chi connectivity index (χ2n) is 7.46. The highest BCUT2D eigenvalue weighted by molar-refractivity contribution is 7.89. The second kappa shape index (κ2) is 8.59. The van der Waals surface area contributed by atoms with Crippen molar-refractivity contribution in [1.29, 1.82) is 0 Å². The number of nitrogens with zero attached hydrogens (tertiary/aromatic N) is 4. The summed E-state index contributed by atoms with van der Waals surface area (Å²) in [6, 6.07) is 11.6. The number of piperazine rings is 1. The predicted molar refractivity (Wildman–Crippen MR) is 114 cm³/mol. The molecule has 7 nitrogen and oxygen atoms in total. The summed E-state index contributed by atoms with van der Waals surface area (Å²) in [7, 11) is -1.74. The molecule has 0 aliphatic carbocycles. The van der Waals surface area contributed by atoms with Crippen molar-refractivity contribution >= 4 is 21.5 Å². The highest BCUT2D eigenvalue weighted by atomic mass is 32.2. The lowest BCUT2D eigenvalue weighted by atomic mass is 10.2. The summed E-state index contributed by atoms with van der Waals surface area (Å²) in [4.78, 5) is 9.27. The smallest absolute Gasteiger partial charge is 0.244 e. The average Bonchev–Trinajstić information content (AvgIpc) is 2.80. The number of hydrogen-bond acceptors (Lipinski definition) is 6. The fourth-order valence-electron chi connectivity index (χ4n) is 4.03. The van der Waals surface area contributed by atoms with Crippen LogP contribution in [0.25, 0.3) is 0 Å². The van der Waals surface area contributed by atoms with E-state index in [9.17, 15) is 8.42 Å². The number of pyridine rings is 1. The van der Waals surface area contributed by atoms with Crippen molar-refractivity contribution in [2.75, 3.05) is 56.2 Å². The van der Waals surface area contributed by atoms with Crippen LogP contribution in [0, 0.1) is 0 Å². The van der Waals surface area contributed by atoms with E-state index in [4.69, 9.17) is 4.74 Å². The number of rotatable bonds is 5. The van der Waals surface area contributed by atoms with E-state index in [0.717, 1.165) is 62.7 Å². The molecule has 2 aliphatic heterocycles. The van der Waals surface area contributed by atoms with Gasteiger partial charge in [-0.25, -0.2) is 13.4 Å². The Labute approximate surface area is 172 Å². The summed E-state index contributed by atoms with van der Waals surface area (Å²) in [5.41, 5.74) is 1.10. The van der Waals surface area contributed by atoms with Crippen molar-refractivity contribution in [2.45, 2.75) is 24.2 Å². The van der Waals surface area contributed by atoms with E-state index < -0.39 is 10.0 Å². The van der Waals surface area contributed by atoms with Gasteiger partial charge in [-0.15, -0.1) is 0 Å². The molecular weight excluding hydrogens is 388 g/mol. The van der Waals surface area contributed by atoms with Gasteiger partial charge in [-0.2, -0.15) is 4.31 Å². The molecule has 1 aromatic heterocycles. The van der Waals surface area contributed by atoms with E-state index in [1.165, 1.54) is 6.20 Å². The van der Waals surface area contributed by atoms with Crippen molar-refractivity contribution < 1.29 is 13.2 Å². The maximum atomic E-state index is 12.8. The first-order valence-corrected chi connectivity index (χ1v) is 11.6. The van der Waals surface area contributed by atoms with Gasteiger partial charge in [-0.05, 0) is 37.1 Å². The SMILES string of the molecule is COc1ccccc1N1CCN(c2ccc(S(=O)(=O)N3CCCCC3)cn2)CC1. The van der Waals surface area contributed by atoms with E-state index in [0.29, 0.717) is 13.1 Å². The predicted octanol–water partition coefficient (Wildman–Crippen LogP) is 2.59. The van der Waals surface area contributed by atoms with Gasteiger partial charge in [0.2, 0.25) is 10.0 Å². The summed E-state index contributed by atoms with van der Waals surface area (Å²) in [5.74, 6) is 1.70. The molecule has 2 fully saturated rings. The van der Waals surface area contributed by atoms with Crippen molar-refractivity contribution in [3.05, 3.63) is 42.6 Å². The van der Waals surface area contributed by atoms with Gasteiger partial charge >= 0.3 is 0 Å². The van der Waals surface area contributed by atoms with Gasteiger partial charge in [-0.1, -0.05) is 18.6 Å². The van der Waals surface area contributed by atoms with E-state index in [1.807, 2.05) is 24.3 Å². The molecule has 0 amide bonds. The van der Waals surface area contributed by atoms with Crippen molar-refractivity contribution in [3.8, 4) is 5.75 Å². The summed E-state index contributed by atoms with van der Waals surface area (Å²) in [5, 5.41) is 0. The Bertz CT molecular complexity index is 919. The van der Waals surface area contributed by atoms with Crippen molar-refractivity contribution in [2.24, 2.45) is 0 Å². The van der Waals surface area contributed by atoms with Gasteiger partial charge in [0.25, 0.3) is 0 Å². The first-order chi connectivity index (χ1) is 14.1. The minimum Gasteiger partial charge on any atom is -0.495 e. The topological polar surface area (TPSA) is 66.0 Å². The van der Waals surface area contributed by atoms with Gasteiger partial charge in [-0.3, -0.25) is 0 Å². The molecule has 0 unspecified atom stereocenters. The van der Waals surface area contributed by atoms with Crippen molar-refractivity contribution in [3.63, 3.8) is 0 Å². The molecule has 156 valence electrons. The summed E-state index contributed by atoms with van der Waals surface area (Å²) in [6.07, 6.45) is 4.47. The molecule has 2 saturated heterocycles. The van der Waals surface area contributed by atoms with Crippen LogP contribution in [0.3, 0.4) is 0 Å². The first-order valence-electron chi connectivity index (χ1n) is 10.2. The average molecular weight is 417 g/mol. The highest BCUT2D eigenvalue weighted by Crippen LogP contribution is 2.29. The molecule has 2 aromatic rings. The normalized spacial score (nSPS) is 18.7. The third-order valence-electron chi connectivity index (χ3n) is 5.70. The Morgan fingerprint density at radius 3 is 2.21 bits per heavy atom. The standard InChI is InChI=1S/C21H28N4O3S/c1-28-20-8-4-3-7-19(20)23-13-15-24(16-14-23)21-10-9-18(17-22-21)29(26,27)25-11-5-2-6-12-25/h3-4,7-10,17H,2,5-6,11-16H2,1H3. The van der Waals surface area contributed by atoms with E-state index in [1.54, 1.807) is 17.5 Å². The first kappa shape index (κ1) is 20.0. The maximum Gasteiger partial charge on any atom is 0.244 e. The third-order valence-corrected chi connectivity index (χ3v) is 7.59. The monoisotopic (exact) mass is 416 g/mol. The number of methoxy groups -OCH3 is 1. The molecule has 8 heteroatoms. The molecule has 0 N–H and O–H groups in total. The number of anilines is 2. The van der Waals surface area contributed by atoms with E-state index in [-0.39, 0.29) is 4.90 Å². The molecule has 3 heterocycles. The molecule has 0 atom stereocenters. The maximum absolute atomic E-state index is 12.8. The molecule has 4 rings (SSSR count). The Kier molecular flexibility index (Phi) is 5.91. The van der Waals surface area contributed by atoms with E-state index in [2.05, 4.69) is 20.9 Å². The van der Waals surface area contributed by atoms with Crippen LogP contribution in [-0.2, 0) is 10.0 Å². The minimum absolute atomic E-state index is 0.288. The van der Waals surface area contributed by atoms with Crippen molar-refractivity contribution in [1.82, 2.24) is 9.29 Å². The summed E-state index contributed by atoms with van der Waals surface area (Å²) < 4.78 is 32.6. The van der Waals surface area contributed by atoms with Crippen LogP contribution >= 0.6 is 0 Å². The Balaban J connectivity index is 1.42. The fraction of sp³-hybridized carbons (Fsp3) is 0.476. The largest absolute Gasteiger partial charge is 0.495 e. The number of aromatic nitrogens is 1. The quantitative estimate of drug-likeness (QED) is 0.747. The zero-order valence-electron chi connectivity index (χ0n) is 16.8. The Morgan fingerprint density at radius 2 is 1.55 bits per heavy atom. The van der Waals surface area contributed by atoms with E-state index >= 15 is 0 Å². The number of sulfonamides is 1. The van der Waals surface area contributed by atoms with Crippen LogP contribution in [-0.4, -0.2) is 64.1 Å². The van der Waals surface area contributed by atoms with Gasteiger partial charge in [0.1, 0.15) is 16.5 Å². The number of benzene rings is 1. The zero-order valence-corrected chi connectivity index (χ0v) is 17.6. The summed E-state index contributed by atoms with van der Waals surface area (Å²) in [6.45, 7) is 4.57. The molecule has 1 aromatic carbocycles. The number of piperidine rings is 1. The lowest BCUT2D eigenvalue weighted by molar-refractivity contribution is 0.346.